The topological polar surface area (TPSA) is 71.8 Å². The van der Waals surface area contributed by atoms with Crippen molar-refractivity contribution in [3.63, 3.8) is 0 Å². The molecule has 1 N–H and O–H groups in total. The van der Waals surface area contributed by atoms with E-state index in [0.29, 0.717) is 22.2 Å². The Morgan fingerprint density at radius 3 is 2.74 bits per heavy atom. The second kappa shape index (κ2) is 7.92. The SMILES string of the molecule is O=C(Nc1ccc(Cl)cc1)[C@H]1c2cccc[n+]2CC(=O)N1Cc1ccc2c(c1)OCO2. The summed E-state index contributed by atoms with van der Waals surface area (Å²) in [6, 6.07) is 17.2. The number of carbonyl (C=O) groups excluding carboxylic acids is 2. The molecule has 3 aromatic rings. The Kier molecular flexibility index (Phi) is 4.95. The van der Waals surface area contributed by atoms with Gasteiger partial charge in [-0.2, -0.15) is 4.57 Å². The van der Waals surface area contributed by atoms with Crippen molar-refractivity contribution < 1.29 is 23.6 Å². The zero-order chi connectivity index (χ0) is 21.4. The first-order chi connectivity index (χ1) is 15.1. The predicted molar refractivity (Wildman–Crippen MR) is 113 cm³/mol. The Morgan fingerprint density at radius 1 is 1.10 bits per heavy atom. The first-order valence-electron chi connectivity index (χ1n) is 9.81. The number of pyridine rings is 1. The normalized spacial score (nSPS) is 16.7. The zero-order valence-corrected chi connectivity index (χ0v) is 17.2. The summed E-state index contributed by atoms with van der Waals surface area (Å²) in [5.74, 6) is 0.874. The van der Waals surface area contributed by atoms with Crippen molar-refractivity contribution in [3.05, 3.63) is 83.1 Å². The van der Waals surface area contributed by atoms with E-state index < -0.39 is 6.04 Å². The molecule has 0 spiro atoms. The van der Waals surface area contributed by atoms with Gasteiger partial charge in [-0.15, -0.1) is 0 Å². The van der Waals surface area contributed by atoms with Crippen molar-refractivity contribution in [2.24, 2.45) is 0 Å². The Morgan fingerprint density at radius 2 is 1.90 bits per heavy atom. The van der Waals surface area contributed by atoms with Gasteiger partial charge in [0.05, 0.1) is 0 Å². The van der Waals surface area contributed by atoms with E-state index in [1.54, 1.807) is 29.2 Å². The van der Waals surface area contributed by atoms with Gasteiger partial charge in [-0.05, 0) is 42.0 Å². The highest BCUT2D eigenvalue weighted by molar-refractivity contribution is 6.30. The quantitative estimate of drug-likeness (QED) is 0.638. The highest BCUT2D eigenvalue weighted by Crippen LogP contribution is 2.34. The molecule has 0 bridgehead atoms. The molecule has 5 rings (SSSR count). The molecular formula is C23H19ClN3O4+. The van der Waals surface area contributed by atoms with Crippen LogP contribution in [0, 0.1) is 0 Å². The van der Waals surface area contributed by atoms with E-state index in [2.05, 4.69) is 5.32 Å². The van der Waals surface area contributed by atoms with Crippen LogP contribution >= 0.6 is 11.6 Å². The van der Waals surface area contributed by atoms with Crippen LogP contribution in [-0.4, -0.2) is 23.5 Å². The Balaban J connectivity index is 1.48. The fourth-order valence-electron chi connectivity index (χ4n) is 3.86. The molecule has 3 heterocycles. The van der Waals surface area contributed by atoms with E-state index in [-0.39, 0.29) is 31.7 Å². The van der Waals surface area contributed by atoms with Crippen LogP contribution in [-0.2, 0) is 22.7 Å². The number of rotatable bonds is 4. The van der Waals surface area contributed by atoms with Crippen LogP contribution in [0.1, 0.15) is 17.3 Å². The molecule has 0 aliphatic carbocycles. The maximum atomic E-state index is 13.4. The molecule has 8 heteroatoms. The third kappa shape index (κ3) is 3.80. The maximum Gasteiger partial charge on any atom is 0.289 e. The van der Waals surface area contributed by atoms with Gasteiger partial charge < -0.3 is 19.7 Å². The number of hydrogen-bond acceptors (Lipinski definition) is 4. The number of benzene rings is 2. The lowest BCUT2D eigenvalue weighted by atomic mass is 10.0. The molecule has 1 atom stereocenters. The third-order valence-electron chi connectivity index (χ3n) is 5.34. The number of nitrogens with zero attached hydrogens (tertiary/aromatic N) is 2. The molecule has 7 nitrogen and oxygen atoms in total. The van der Waals surface area contributed by atoms with E-state index in [1.165, 1.54) is 0 Å². The molecule has 0 fully saturated rings. The smallest absolute Gasteiger partial charge is 0.289 e. The average Bonchev–Trinajstić information content (AvgIpc) is 3.23. The van der Waals surface area contributed by atoms with E-state index >= 15 is 0 Å². The van der Waals surface area contributed by atoms with Crippen molar-refractivity contribution in [3.8, 4) is 11.5 Å². The van der Waals surface area contributed by atoms with Crippen molar-refractivity contribution >= 4 is 29.1 Å². The monoisotopic (exact) mass is 436 g/mol. The van der Waals surface area contributed by atoms with Crippen molar-refractivity contribution in [2.45, 2.75) is 19.1 Å². The van der Waals surface area contributed by atoms with Crippen molar-refractivity contribution in [1.29, 1.82) is 0 Å². The summed E-state index contributed by atoms with van der Waals surface area (Å²) in [6.07, 6.45) is 1.81. The first kappa shape index (κ1) is 19.4. The Hall–Kier alpha value is -3.58. The molecule has 0 unspecified atom stereocenters. The number of ether oxygens (including phenoxy) is 2. The third-order valence-corrected chi connectivity index (χ3v) is 5.60. The molecule has 2 aliphatic heterocycles. The fourth-order valence-corrected chi connectivity index (χ4v) is 3.98. The van der Waals surface area contributed by atoms with Crippen LogP contribution in [0.5, 0.6) is 11.5 Å². The van der Waals surface area contributed by atoms with Gasteiger partial charge in [0.25, 0.3) is 11.8 Å². The molecule has 2 amide bonds. The second-order valence-electron chi connectivity index (χ2n) is 7.36. The summed E-state index contributed by atoms with van der Waals surface area (Å²) in [4.78, 5) is 28.0. The van der Waals surface area contributed by atoms with Crippen LogP contribution in [0.2, 0.25) is 5.02 Å². The lowest BCUT2D eigenvalue weighted by molar-refractivity contribution is -0.698. The van der Waals surface area contributed by atoms with E-state index in [4.69, 9.17) is 21.1 Å². The molecule has 2 aliphatic rings. The number of hydrogen-bond donors (Lipinski definition) is 1. The minimum absolute atomic E-state index is 0.141. The maximum absolute atomic E-state index is 13.4. The minimum Gasteiger partial charge on any atom is -0.454 e. The second-order valence-corrected chi connectivity index (χ2v) is 7.80. The number of amides is 2. The number of nitrogens with one attached hydrogen (secondary N) is 1. The lowest BCUT2D eigenvalue weighted by Crippen LogP contribution is -2.57. The van der Waals surface area contributed by atoms with E-state index in [9.17, 15) is 9.59 Å². The molecule has 0 saturated carbocycles. The van der Waals surface area contributed by atoms with Gasteiger partial charge in [0.15, 0.2) is 23.7 Å². The summed E-state index contributed by atoms with van der Waals surface area (Å²) in [7, 11) is 0. The van der Waals surface area contributed by atoms with Crippen LogP contribution in [0.25, 0.3) is 0 Å². The minimum atomic E-state index is -0.788. The highest BCUT2D eigenvalue weighted by Gasteiger charge is 2.42. The van der Waals surface area contributed by atoms with Crippen LogP contribution < -0.4 is 19.4 Å². The summed E-state index contributed by atoms with van der Waals surface area (Å²) in [5.41, 5.74) is 2.21. The van der Waals surface area contributed by atoms with Crippen molar-refractivity contribution in [2.75, 3.05) is 12.1 Å². The predicted octanol–water partition coefficient (Wildman–Crippen LogP) is 3.08. The van der Waals surface area contributed by atoms with Gasteiger partial charge in [-0.25, -0.2) is 0 Å². The highest BCUT2D eigenvalue weighted by atomic mass is 35.5. The number of halogens is 1. The van der Waals surface area contributed by atoms with E-state index in [1.807, 2.05) is 47.2 Å². The molecule has 2 aromatic carbocycles. The zero-order valence-electron chi connectivity index (χ0n) is 16.5. The summed E-state index contributed by atoms with van der Waals surface area (Å²) in [6.45, 7) is 0.617. The summed E-state index contributed by atoms with van der Waals surface area (Å²) >= 11 is 5.95. The molecule has 0 saturated heterocycles. The summed E-state index contributed by atoms with van der Waals surface area (Å²) < 4.78 is 12.6. The van der Waals surface area contributed by atoms with Gasteiger partial charge in [-0.1, -0.05) is 23.7 Å². The molecular weight excluding hydrogens is 418 g/mol. The van der Waals surface area contributed by atoms with Gasteiger partial charge in [-0.3, -0.25) is 9.59 Å². The summed E-state index contributed by atoms with van der Waals surface area (Å²) in [5, 5.41) is 3.49. The fraction of sp³-hybridized carbons (Fsp3) is 0.174. The van der Waals surface area contributed by atoms with Gasteiger partial charge in [0.1, 0.15) is 0 Å². The van der Waals surface area contributed by atoms with Gasteiger partial charge in [0, 0.05) is 29.4 Å². The lowest BCUT2D eigenvalue weighted by Gasteiger charge is -2.32. The number of fused-ring (bicyclic) bond motifs is 2. The number of carbonyl (C=O) groups is 2. The van der Waals surface area contributed by atoms with Gasteiger partial charge >= 0.3 is 0 Å². The van der Waals surface area contributed by atoms with Crippen molar-refractivity contribution in [1.82, 2.24) is 4.90 Å². The van der Waals surface area contributed by atoms with Crippen LogP contribution in [0.4, 0.5) is 5.69 Å². The van der Waals surface area contributed by atoms with Gasteiger partial charge in [0.2, 0.25) is 19.0 Å². The largest absolute Gasteiger partial charge is 0.454 e. The Labute approximate surface area is 183 Å². The van der Waals surface area contributed by atoms with Crippen LogP contribution in [0.3, 0.4) is 0 Å². The molecule has 31 heavy (non-hydrogen) atoms. The van der Waals surface area contributed by atoms with E-state index in [0.717, 1.165) is 11.3 Å². The molecule has 156 valence electrons. The van der Waals surface area contributed by atoms with Crippen LogP contribution in [0.15, 0.2) is 66.9 Å². The Bertz CT molecular complexity index is 1170. The standard InChI is InChI=1S/C23H18ClN3O4/c24-16-5-7-17(8-6-16)25-23(29)22-18-3-1-2-10-26(18)13-21(28)27(22)12-15-4-9-19-20(11-15)31-14-30-19/h1-11,22H,12-14H2/p+1/t22-/m1/s1. The first-order valence-corrected chi connectivity index (χ1v) is 10.2. The number of anilines is 1. The molecule has 1 aromatic heterocycles. The number of aromatic nitrogens is 1. The molecule has 0 radical (unpaired) electrons. The average molecular weight is 437 g/mol.